The van der Waals surface area contributed by atoms with Gasteiger partial charge in [0.2, 0.25) is 5.56 Å². The van der Waals surface area contributed by atoms with Gasteiger partial charge >= 0.3 is 0 Å². The van der Waals surface area contributed by atoms with E-state index in [0.717, 1.165) is 0 Å². The van der Waals surface area contributed by atoms with E-state index in [-0.39, 0.29) is 5.56 Å². The number of pyridine rings is 1. The van der Waals surface area contributed by atoms with Crippen LogP contribution in [0.1, 0.15) is 76.8 Å². The molecule has 0 unspecified atom stereocenters. The zero-order valence-electron chi connectivity index (χ0n) is 15.2. The van der Waals surface area contributed by atoms with Crippen molar-refractivity contribution in [3.63, 3.8) is 0 Å². The average molecular weight is 331 g/mol. The van der Waals surface area contributed by atoms with Crippen LogP contribution in [0.2, 0.25) is 0 Å². The summed E-state index contributed by atoms with van der Waals surface area (Å²) >= 11 is 0. The molecule has 0 aromatic carbocycles. The molecule has 3 nitrogen and oxygen atoms in total. The molecule has 0 aliphatic heterocycles. The third-order valence-corrected chi connectivity index (χ3v) is 4.14. The summed E-state index contributed by atoms with van der Waals surface area (Å²) in [5, 5.41) is 0. The standard InChI is InChI=1S/C16H29N.C5H5NO/c1-2-3-4-5-6-7-8-9-10-11-13-16-14-12-15-17-16;7-5-3-1-2-4-6-5/h12,14-15,17H,2-11,13H2,1H3;1-4H,(H,6,7). The van der Waals surface area contributed by atoms with Gasteiger partial charge in [-0.15, -0.1) is 0 Å². The number of aromatic amines is 2. The van der Waals surface area contributed by atoms with Crippen LogP contribution in [-0.2, 0) is 6.42 Å². The molecule has 0 aliphatic rings. The van der Waals surface area contributed by atoms with Gasteiger partial charge in [0.25, 0.3) is 0 Å². The fourth-order valence-electron chi connectivity index (χ4n) is 2.70. The molecule has 0 radical (unpaired) electrons. The molecule has 24 heavy (non-hydrogen) atoms. The molecular formula is C21H34N2O. The molecule has 0 spiro atoms. The first-order chi connectivity index (χ1) is 11.8. The molecule has 0 fully saturated rings. The van der Waals surface area contributed by atoms with Crippen molar-refractivity contribution < 1.29 is 0 Å². The number of hydrogen-bond acceptors (Lipinski definition) is 1. The number of aryl methyl sites for hydroxylation is 1. The average Bonchev–Trinajstić information content (AvgIpc) is 3.11. The molecule has 0 saturated carbocycles. The first-order valence-electron chi connectivity index (χ1n) is 9.59. The Morgan fingerprint density at radius 1 is 0.708 bits per heavy atom. The fraction of sp³-hybridized carbons (Fsp3) is 0.571. The second-order valence-corrected chi connectivity index (χ2v) is 6.35. The van der Waals surface area contributed by atoms with Gasteiger partial charge in [0, 0.05) is 24.2 Å². The molecule has 2 N–H and O–H groups in total. The Bertz CT molecular complexity index is 513. The van der Waals surface area contributed by atoms with Gasteiger partial charge in [-0.2, -0.15) is 0 Å². The van der Waals surface area contributed by atoms with Crippen LogP contribution in [0.3, 0.4) is 0 Å². The predicted molar refractivity (Wildman–Crippen MR) is 103 cm³/mol. The number of rotatable bonds is 11. The van der Waals surface area contributed by atoms with Gasteiger partial charge in [0.05, 0.1) is 0 Å². The van der Waals surface area contributed by atoms with E-state index >= 15 is 0 Å². The van der Waals surface area contributed by atoms with E-state index in [1.54, 1.807) is 18.3 Å². The third kappa shape index (κ3) is 11.8. The number of nitrogens with one attached hydrogen (secondary N) is 2. The van der Waals surface area contributed by atoms with Gasteiger partial charge < -0.3 is 9.97 Å². The summed E-state index contributed by atoms with van der Waals surface area (Å²) in [7, 11) is 0. The van der Waals surface area contributed by atoms with E-state index < -0.39 is 0 Å². The number of hydrogen-bond donors (Lipinski definition) is 2. The van der Waals surface area contributed by atoms with Crippen LogP contribution < -0.4 is 5.56 Å². The Balaban J connectivity index is 0.000000341. The molecule has 2 aromatic rings. The second kappa shape index (κ2) is 14.8. The normalized spacial score (nSPS) is 10.2. The van der Waals surface area contributed by atoms with E-state index in [0.29, 0.717) is 0 Å². The molecule has 0 saturated heterocycles. The summed E-state index contributed by atoms with van der Waals surface area (Å²) in [6.07, 6.45) is 19.0. The van der Waals surface area contributed by atoms with Crippen LogP contribution in [0, 0.1) is 0 Å². The Morgan fingerprint density at radius 2 is 1.33 bits per heavy atom. The van der Waals surface area contributed by atoms with Crippen molar-refractivity contribution in [1.82, 2.24) is 9.97 Å². The van der Waals surface area contributed by atoms with E-state index in [1.807, 2.05) is 6.20 Å². The van der Waals surface area contributed by atoms with Gasteiger partial charge in [-0.1, -0.05) is 70.8 Å². The number of aromatic nitrogens is 2. The summed E-state index contributed by atoms with van der Waals surface area (Å²) in [5.41, 5.74) is 1.34. The molecular weight excluding hydrogens is 296 g/mol. The highest BCUT2D eigenvalue weighted by Crippen LogP contribution is 2.11. The Kier molecular flexibility index (Phi) is 12.5. The van der Waals surface area contributed by atoms with Crippen molar-refractivity contribution in [1.29, 1.82) is 0 Å². The summed E-state index contributed by atoms with van der Waals surface area (Å²) in [5.74, 6) is 0. The first kappa shape index (κ1) is 20.3. The molecule has 134 valence electrons. The van der Waals surface area contributed by atoms with Crippen LogP contribution in [0.15, 0.2) is 47.5 Å². The lowest BCUT2D eigenvalue weighted by Gasteiger charge is -2.02. The molecule has 0 aliphatic carbocycles. The minimum absolute atomic E-state index is 0.0532. The van der Waals surface area contributed by atoms with Gasteiger partial charge in [0.1, 0.15) is 0 Å². The largest absolute Gasteiger partial charge is 0.365 e. The summed E-state index contributed by atoms with van der Waals surface area (Å²) in [6.45, 7) is 2.28. The molecule has 2 aromatic heterocycles. The number of H-pyrrole nitrogens is 2. The van der Waals surface area contributed by atoms with Crippen molar-refractivity contribution in [2.75, 3.05) is 0 Å². The van der Waals surface area contributed by atoms with Gasteiger partial charge in [0.15, 0.2) is 0 Å². The molecule has 0 amide bonds. The highest BCUT2D eigenvalue weighted by atomic mass is 16.1. The van der Waals surface area contributed by atoms with Crippen LogP contribution in [0.25, 0.3) is 0 Å². The Morgan fingerprint density at radius 3 is 1.79 bits per heavy atom. The van der Waals surface area contributed by atoms with Crippen LogP contribution in [0.5, 0.6) is 0 Å². The van der Waals surface area contributed by atoms with Crippen molar-refractivity contribution in [3.8, 4) is 0 Å². The lowest BCUT2D eigenvalue weighted by Crippen LogP contribution is -1.98. The molecule has 0 atom stereocenters. The van der Waals surface area contributed by atoms with Crippen molar-refractivity contribution in [2.24, 2.45) is 0 Å². The minimum Gasteiger partial charge on any atom is -0.365 e. The van der Waals surface area contributed by atoms with E-state index in [4.69, 9.17) is 0 Å². The lowest BCUT2D eigenvalue weighted by molar-refractivity contribution is 0.555. The van der Waals surface area contributed by atoms with E-state index in [1.165, 1.54) is 82.4 Å². The molecule has 0 bridgehead atoms. The van der Waals surface area contributed by atoms with Crippen LogP contribution >= 0.6 is 0 Å². The van der Waals surface area contributed by atoms with Crippen molar-refractivity contribution in [3.05, 3.63) is 58.8 Å². The fourth-order valence-corrected chi connectivity index (χ4v) is 2.70. The number of unbranched alkanes of at least 4 members (excludes halogenated alkanes) is 9. The Labute approximate surface area is 146 Å². The third-order valence-electron chi connectivity index (χ3n) is 4.14. The minimum atomic E-state index is -0.0532. The quantitative estimate of drug-likeness (QED) is 0.499. The van der Waals surface area contributed by atoms with Gasteiger partial charge in [-0.25, -0.2) is 0 Å². The maximum Gasteiger partial charge on any atom is 0.247 e. The van der Waals surface area contributed by atoms with Crippen LogP contribution in [-0.4, -0.2) is 9.97 Å². The van der Waals surface area contributed by atoms with E-state index in [2.05, 4.69) is 29.0 Å². The van der Waals surface area contributed by atoms with E-state index in [9.17, 15) is 4.79 Å². The SMILES string of the molecule is CCCCCCCCCCCCc1ccc[nH]1.O=c1cccc[nH]1. The monoisotopic (exact) mass is 330 g/mol. The topological polar surface area (TPSA) is 48.6 Å². The molecule has 3 heteroatoms. The first-order valence-corrected chi connectivity index (χ1v) is 9.59. The summed E-state index contributed by atoms with van der Waals surface area (Å²) in [6, 6.07) is 9.21. The molecule has 2 heterocycles. The zero-order valence-corrected chi connectivity index (χ0v) is 15.2. The van der Waals surface area contributed by atoms with Crippen molar-refractivity contribution >= 4 is 0 Å². The van der Waals surface area contributed by atoms with Crippen molar-refractivity contribution in [2.45, 2.75) is 77.6 Å². The summed E-state index contributed by atoms with van der Waals surface area (Å²) < 4.78 is 0. The van der Waals surface area contributed by atoms with Gasteiger partial charge in [-0.3, -0.25) is 4.79 Å². The second-order valence-electron chi connectivity index (χ2n) is 6.35. The van der Waals surface area contributed by atoms with Gasteiger partial charge in [-0.05, 0) is 31.0 Å². The highest BCUT2D eigenvalue weighted by Gasteiger charge is 1.94. The predicted octanol–water partition coefficient (Wildman–Crippen LogP) is 5.85. The zero-order chi connectivity index (χ0) is 17.3. The molecule has 2 rings (SSSR count). The summed E-state index contributed by atoms with van der Waals surface area (Å²) in [4.78, 5) is 16.0. The maximum atomic E-state index is 10.2. The smallest absolute Gasteiger partial charge is 0.247 e. The lowest BCUT2D eigenvalue weighted by atomic mass is 10.1. The Hall–Kier alpha value is -1.77. The van der Waals surface area contributed by atoms with Crippen LogP contribution in [0.4, 0.5) is 0 Å². The highest BCUT2D eigenvalue weighted by molar-refractivity contribution is 5.03. The maximum absolute atomic E-state index is 10.2.